The topological polar surface area (TPSA) is 52.8 Å². The Morgan fingerprint density at radius 1 is 1.11 bits per heavy atom. The maximum Gasteiger partial charge on any atom is 0.124 e. The molecule has 3 nitrogen and oxygen atoms in total. The SMILES string of the molecule is Cc1cc(O)ccc1N=Cc1cc(Br)ccc1O. The Morgan fingerprint density at radius 3 is 2.61 bits per heavy atom. The molecule has 0 amide bonds. The summed E-state index contributed by atoms with van der Waals surface area (Å²) in [5.41, 5.74) is 2.27. The molecule has 0 saturated heterocycles. The Bertz CT molecular complexity index is 609. The van der Waals surface area contributed by atoms with Crippen LogP contribution < -0.4 is 0 Å². The van der Waals surface area contributed by atoms with Gasteiger partial charge in [-0.05, 0) is 48.9 Å². The van der Waals surface area contributed by atoms with Gasteiger partial charge in [-0.15, -0.1) is 0 Å². The summed E-state index contributed by atoms with van der Waals surface area (Å²) in [6.45, 7) is 1.87. The number of nitrogens with zero attached hydrogens (tertiary/aromatic N) is 1. The molecule has 2 rings (SSSR count). The van der Waals surface area contributed by atoms with Crippen molar-refractivity contribution >= 4 is 27.8 Å². The van der Waals surface area contributed by atoms with Gasteiger partial charge in [-0.1, -0.05) is 15.9 Å². The van der Waals surface area contributed by atoms with E-state index in [1.165, 1.54) is 0 Å². The van der Waals surface area contributed by atoms with Crippen LogP contribution in [0.4, 0.5) is 5.69 Å². The van der Waals surface area contributed by atoms with E-state index in [1.807, 2.05) is 6.92 Å². The zero-order valence-electron chi connectivity index (χ0n) is 9.76. The minimum Gasteiger partial charge on any atom is -0.508 e. The number of aromatic hydroxyl groups is 2. The molecule has 0 saturated carbocycles. The molecular weight excluding hydrogens is 294 g/mol. The zero-order chi connectivity index (χ0) is 13.1. The van der Waals surface area contributed by atoms with Crippen LogP contribution in [-0.4, -0.2) is 16.4 Å². The number of aliphatic imine (C=N–C) groups is 1. The smallest absolute Gasteiger partial charge is 0.124 e. The van der Waals surface area contributed by atoms with Gasteiger partial charge in [0.2, 0.25) is 0 Å². The molecule has 0 radical (unpaired) electrons. The van der Waals surface area contributed by atoms with Crippen molar-refractivity contribution in [1.29, 1.82) is 0 Å². The summed E-state index contributed by atoms with van der Waals surface area (Å²) in [5, 5.41) is 19.0. The number of hydrogen-bond acceptors (Lipinski definition) is 3. The number of rotatable bonds is 2. The third kappa shape index (κ3) is 2.90. The largest absolute Gasteiger partial charge is 0.508 e. The molecule has 0 atom stereocenters. The van der Waals surface area contributed by atoms with Crippen molar-refractivity contribution in [3.05, 3.63) is 52.0 Å². The van der Waals surface area contributed by atoms with E-state index in [0.717, 1.165) is 15.7 Å². The second-order valence-corrected chi connectivity index (χ2v) is 4.85. The van der Waals surface area contributed by atoms with E-state index in [-0.39, 0.29) is 11.5 Å². The predicted molar refractivity (Wildman–Crippen MR) is 75.9 cm³/mol. The van der Waals surface area contributed by atoms with Crippen molar-refractivity contribution in [3.8, 4) is 11.5 Å². The second-order valence-electron chi connectivity index (χ2n) is 3.93. The summed E-state index contributed by atoms with van der Waals surface area (Å²) in [5.74, 6) is 0.398. The van der Waals surface area contributed by atoms with Crippen LogP contribution in [0, 0.1) is 6.92 Å². The molecule has 0 aliphatic heterocycles. The highest BCUT2D eigenvalue weighted by molar-refractivity contribution is 9.10. The maximum absolute atomic E-state index is 9.67. The first-order valence-electron chi connectivity index (χ1n) is 5.38. The first-order valence-corrected chi connectivity index (χ1v) is 6.18. The van der Waals surface area contributed by atoms with Crippen LogP contribution in [0.3, 0.4) is 0 Å². The zero-order valence-corrected chi connectivity index (χ0v) is 11.3. The first kappa shape index (κ1) is 12.6. The van der Waals surface area contributed by atoms with Crippen LogP contribution in [0.2, 0.25) is 0 Å². The third-order valence-corrected chi connectivity index (χ3v) is 3.01. The van der Waals surface area contributed by atoms with Crippen LogP contribution in [0.5, 0.6) is 11.5 Å². The lowest BCUT2D eigenvalue weighted by Gasteiger charge is -2.02. The third-order valence-electron chi connectivity index (χ3n) is 2.51. The molecule has 92 valence electrons. The van der Waals surface area contributed by atoms with Gasteiger partial charge >= 0.3 is 0 Å². The lowest BCUT2D eigenvalue weighted by atomic mass is 10.2. The highest BCUT2D eigenvalue weighted by atomic mass is 79.9. The molecule has 4 heteroatoms. The number of hydrogen-bond donors (Lipinski definition) is 2. The standard InChI is InChI=1S/C14H12BrNO2/c1-9-6-12(17)3-4-13(9)16-8-10-7-11(15)2-5-14(10)18/h2-8,17-18H,1H3. The molecule has 0 fully saturated rings. The second kappa shape index (κ2) is 5.23. The van der Waals surface area contributed by atoms with Crippen molar-refractivity contribution in [2.45, 2.75) is 6.92 Å². The lowest BCUT2D eigenvalue weighted by Crippen LogP contribution is -1.83. The molecule has 0 aromatic heterocycles. The van der Waals surface area contributed by atoms with E-state index in [9.17, 15) is 10.2 Å². The normalized spacial score (nSPS) is 11.0. The molecule has 0 unspecified atom stereocenters. The Balaban J connectivity index is 2.32. The quantitative estimate of drug-likeness (QED) is 0.826. The van der Waals surface area contributed by atoms with Crippen LogP contribution in [0.25, 0.3) is 0 Å². The van der Waals surface area contributed by atoms with Gasteiger partial charge in [0.25, 0.3) is 0 Å². The lowest BCUT2D eigenvalue weighted by molar-refractivity contribution is 0.474. The summed E-state index contributed by atoms with van der Waals surface area (Å²) in [6, 6.07) is 10.1. The molecule has 2 aromatic carbocycles. The van der Waals surface area contributed by atoms with Gasteiger partial charge in [-0.3, -0.25) is 4.99 Å². The summed E-state index contributed by atoms with van der Waals surface area (Å²) >= 11 is 3.34. The number of benzene rings is 2. The fourth-order valence-corrected chi connectivity index (χ4v) is 1.93. The van der Waals surface area contributed by atoms with Gasteiger partial charge < -0.3 is 10.2 Å². The average molecular weight is 306 g/mol. The number of halogens is 1. The van der Waals surface area contributed by atoms with Gasteiger partial charge in [0, 0.05) is 16.3 Å². The molecular formula is C14H12BrNO2. The Kier molecular flexibility index (Phi) is 3.67. The van der Waals surface area contributed by atoms with Gasteiger partial charge in [0.05, 0.1) is 5.69 Å². The van der Waals surface area contributed by atoms with E-state index >= 15 is 0 Å². The van der Waals surface area contributed by atoms with Gasteiger partial charge in [0.15, 0.2) is 0 Å². The molecule has 2 aromatic rings. The molecule has 18 heavy (non-hydrogen) atoms. The van der Waals surface area contributed by atoms with Gasteiger partial charge in [0.1, 0.15) is 11.5 Å². The number of phenolic OH excluding ortho intramolecular Hbond substituents is 2. The highest BCUT2D eigenvalue weighted by Gasteiger charge is 2.00. The van der Waals surface area contributed by atoms with Crippen LogP contribution >= 0.6 is 15.9 Å². The molecule has 0 bridgehead atoms. The Labute approximate surface area is 114 Å². The van der Waals surface area contributed by atoms with Crippen molar-refractivity contribution in [2.75, 3.05) is 0 Å². The first-order chi connectivity index (χ1) is 8.56. The minimum absolute atomic E-state index is 0.179. The predicted octanol–water partition coefficient (Wildman–Crippen LogP) is 3.92. The average Bonchev–Trinajstić information content (AvgIpc) is 2.32. The van der Waals surface area contributed by atoms with Crippen molar-refractivity contribution < 1.29 is 10.2 Å². The van der Waals surface area contributed by atoms with E-state index in [2.05, 4.69) is 20.9 Å². The van der Waals surface area contributed by atoms with Crippen molar-refractivity contribution in [1.82, 2.24) is 0 Å². The summed E-state index contributed by atoms with van der Waals surface area (Å²) < 4.78 is 0.879. The minimum atomic E-state index is 0.179. The molecule has 0 aliphatic carbocycles. The molecule has 2 N–H and O–H groups in total. The Morgan fingerprint density at radius 2 is 1.89 bits per heavy atom. The van der Waals surface area contributed by atoms with E-state index < -0.39 is 0 Å². The molecule has 0 spiro atoms. The monoisotopic (exact) mass is 305 g/mol. The number of phenols is 2. The van der Waals surface area contributed by atoms with E-state index in [4.69, 9.17) is 0 Å². The fourth-order valence-electron chi connectivity index (χ4n) is 1.55. The highest BCUT2D eigenvalue weighted by Crippen LogP contribution is 2.24. The van der Waals surface area contributed by atoms with Crippen LogP contribution in [0.15, 0.2) is 45.9 Å². The molecule has 0 aliphatic rings. The summed E-state index contributed by atoms with van der Waals surface area (Å²) in [7, 11) is 0. The summed E-state index contributed by atoms with van der Waals surface area (Å²) in [4.78, 5) is 4.30. The molecule has 0 heterocycles. The summed E-state index contributed by atoms with van der Waals surface area (Å²) in [6.07, 6.45) is 1.60. The Hall–Kier alpha value is -1.81. The van der Waals surface area contributed by atoms with E-state index in [1.54, 1.807) is 42.6 Å². The van der Waals surface area contributed by atoms with Crippen LogP contribution in [-0.2, 0) is 0 Å². The number of aryl methyl sites for hydroxylation is 1. The van der Waals surface area contributed by atoms with Gasteiger partial charge in [-0.25, -0.2) is 0 Å². The fraction of sp³-hybridized carbons (Fsp3) is 0.0714. The van der Waals surface area contributed by atoms with Crippen molar-refractivity contribution in [3.63, 3.8) is 0 Å². The van der Waals surface area contributed by atoms with Gasteiger partial charge in [-0.2, -0.15) is 0 Å². The van der Waals surface area contributed by atoms with Crippen molar-refractivity contribution in [2.24, 2.45) is 4.99 Å². The van der Waals surface area contributed by atoms with Crippen LogP contribution in [0.1, 0.15) is 11.1 Å². The van der Waals surface area contributed by atoms with E-state index in [0.29, 0.717) is 5.56 Å². The maximum atomic E-state index is 9.67.